The molecule has 6 heteroatoms. The average Bonchev–Trinajstić information content (AvgIpc) is 2.24. The van der Waals surface area contributed by atoms with Crippen LogP contribution in [0.25, 0.3) is 0 Å². The summed E-state index contributed by atoms with van der Waals surface area (Å²) in [5.41, 5.74) is -1.41. The van der Waals surface area contributed by atoms with E-state index in [2.05, 4.69) is 5.32 Å². The minimum absolute atomic E-state index is 0.0775. The lowest BCUT2D eigenvalue weighted by atomic mass is 10.1. The third kappa shape index (κ3) is 3.53. The van der Waals surface area contributed by atoms with Crippen LogP contribution >= 0.6 is 0 Å². The predicted octanol–water partition coefficient (Wildman–Crippen LogP) is 0.700. The van der Waals surface area contributed by atoms with Gasteiger partial charge >= 0.3 is 5.97 Å². The molecular formula is C12H14FNO4. The number of nitrogens with one attached hydrogen (secondary N) is 1. The summed E-state index contributed by atoms with van der Waals surface area (Å²) in [7, 11) is 0. The highest BCUT2D eigenvalue weighted by Crippen LogP contribution is 2.09. The molecule has 0 aliphatic rings. The zero-order valence-corrected chi connectivity index (χ0v) is 10.0. The van der Waals surface area contributed by atoms with Crippen LogP contribution in [0.1, 0.15) is 22.8 Å². The molecule has 1 aromatic rings. The summed E-state index contributed by atoms with van der Waals surface area (Å²) in [5.74, 6) is -2.64. The van der Waals surface area contributed by atoms with Gasteiger partial charge in [-0.25, -0.2) is 9.18 Å². The summed E-state index contributed by atoms with van der Waals surface area (Å²) >= 11 is 0. The Kier molecular flexibility index (Phi) is 4.03. The number of halogens is 1. The topological polar surface area (TPSA) is 86.6 Å². The van der Waals surface area contributed by atoms with E-state index in [0.717, 1.165) is 13.0 Å². The van der Waals surface area contributed by atoms with Gasteiger partial charge in [0.1, 0.15) is 5.82 Å². The van der Waals surface area contributed by atoms with Gasteiger partial charge in [-0.1, -0.05) is 0 Å². The van der Waals surface area contributed by atoms with Crippen molar-refractivity contribution in [2.45, 2.75) is 19.4 Å². The number of rotatable bonds is 4. The Balaban J connectivity index is 2.75. The Labute approximate surface area is 103 Å². The van der Waals surface area contributed by atoms with Gasteiger partial charge in [0.25, 0.3) is 5.91 Å². The van der Waals surface area contributed by atoms with Gasteiger partial charge in [-0.05, 0) is 37.6 Å². The van der Waals surface area contributed by atoms with Crippen LogP contribution < -0.4 is 5.32 Å². The number of benzene rings is 1. The van der Waals surface area contributed by atoms with Crippen molar-refractivity contribution in [1.82, 2.24) is 5.32 Å². The minimum atomic E-state index is -2.06. The molecule has 0 heterocycles. The number of carboxylic acids is 1. The maximum Gasteiger partial charge on any atom is 0.337 e. The van der Waals surface area contributed by atoms with Crippen molar-refractivity contribution < 1.29 is 24.2 Å². The molecule has 0 saturated carbocycles. The minimum Gasteiger partial charge on any atom is -0.479 e. The number of aliphatic carboxylic acids is 1. The van der Waals surface area contributed by atoms with Gasteiger partial charge in [0.2, 0.25) is 0 Å². The number of aliphatic hydroxyl groups is 1. The summed E-state index contributed by atoms with van der Waals surface area (Å²) in [5, 5.41) is 20.3. The Morgan fingerprint density at radius 3 is 2.50 bits per heavy atom. The quantitative estimate of drug-likeness (QED) is 0.739. The number of aryl methyl sites for hydroxylation is 1. The van der Waals surface area contributed by atoms with Gasteiger partial charge in [0, 0.05) is 5.56 Å². The number of carbonyl (C=O) groups is 2. The first-order valence-corrected chi connectivity index (χ1v) is 5.23. The molecule has 1 amide bonds. The van der Waals surface area contributed by atoms with Crippen LogP contribution in [0.3, 0.4) is 0 Å². The van der Waals surface area contributed by atoms with Crippen LogP contribution in [0.15, 0.2) is 18.2 Å². The Morgan fingerprint density at radius 1 is 1.39 bits per heavy atom. The predicted molar refractivity (Wildman–Crippen MR) is 61.7 cm³/mol. The molecule has 3 N–H and O–H groups in total. The van der Waals surface area contributed by atoms with E-state index in [0.29, 0.717) is 5.56 Å². The lowest BCUT2D eigenvalue weighted by molar-refractivity contribution is -0.155. The standard InChI is InChI=1S/C12H14FNO4/c1-7-3-8(5-9(13)4-7)10(15)14-6-12(2,18)11(16)17/h3-5,18H,6H2,1-2H3,(H,14,15)(H,16,17). The number of hydrogen-bond acceptors (Lipinski definition) is 3. The molecule has 0 saturated heterocycles. The smallest absolute Gasteiger partial charge is 0.337 e. The Bertz CT molecular complexity index is 465. The van der Waals surface area contributed by atoms with E-state index in [9.17, 15) is 19.1 Å². The maximum absolute atomic E-state index is 13.1. The number of amides is 1. The van der Waals surface area contributed by atoms with Crippen molar-refractivity contribution in [1.29, 1.82) is 0 Å². The highest BCUT2D eigenvalue weighted by atomic mass is 19.1. The molecule has 5 nitrogen and oxygen atoms in total. The van der Waals surface area contributed by atoms with Crippen LogP contribution in [-0.4, -0.2) is 34.2 Å². The normalized spacial score (nSPS) is 13.8. The van der Waals surface area contributed by atoms with Gasteiger partial charge in [-0.15, -0.1) is 0 Å². The van der Waals surface area contributed by atoms with Gasteiger partial charge in [-0.3, -0.25) is 4.79 Å². The monoisotopic (exact) mass is 255 g/mol. The number of hydrogen-bond donors (Lipinski definition) is 3. The molecule has 0 aromatic heterocycles. The van der Waals surface area contributed by atoms with Crippen LogP contribution in [-0.2, 0) is 4.79 Å². The Morgan fingerprint density at radius 2 is 2.00 bits per heavy atom. The van der Waals surface area contributed by atoms with Gasteiger partial charge in [-0.2, -0.15) is 0 Å². The fourth-order valence-corrected chi connectivity index (χ4v) is 1.30. The summed E-state index contributed by atoms with van der Waals surface area (Å²) in [4.78, 5) is 22.3. The molecule has 0 aliphatic carbocycles. The largest absolute Gasteiger partial charge is 0.479 e. The second-order valence-electron chi connectivity index (χ2n) is 4.28. The van der Waals surface area contributed by atoms with Gasteiger partial charge < -0.3 is 15.5 Å². The lowest BCUT2D eigenvalue weighted by Crippen LogP contribution is -2.46. The van der Waals surface area contributed by atoms with Gasteiger partial charge in [0.15, 0.2) is 5.60 Å². The molecule has 1 aromatic carbocycles. The molecule has 0 radical (unpaired) electrons. The first-order valence-electron chi connectivity index (χ1n) is 5.23. The van der Waals surface area contributed by atoms with E-state index in [1.165, 1.54) is 12.1 Å². The molecule has 1 atom stereocenters. The molecule has 0 aliphatic heterocycles. The second-order valence-corrected chi connectivity index (χ2v) is 4.28. The zero-order chi connectivity index (χ0) is 13.9. The Hall–Kier alpha value is -1.95. The van der Waals surface area contributed by atoms with E-state index >= 15 is 0 Å². The van der Waals surface area contributed by atoms with E-state index in [-0.39, 0.29) is 5.56 Å². The summed E-state index contributed by atoms with van der Waals surface area (Å²) in [6, 6.07) is 3.77. The molecule has 0 bridgehead atoms. The van der Waals surface area contributed by atoms with Crippen molar-refractivity contribution in [2.75, 3.05) is 6.54 Å². The summed E-state index contributed by atoms with van der Waals surface area (Å²) in [6.45, 7) is 2.23. The van der Waals surface area contributed by atoms with E-state index in [4.69, 9.17) is 5.11 Å². The van der Waals surface area contributed by atoms with Crippen molar-refractivity contribution in [2.24, 2.45) is 0 Å². The third-order valence-corrected chi connectivity index (χ3v) is 2.36. The van der Waals surface area contributed by atoms with Crippen LogP contribution in [0.5, 0.6) is 0 Å². The highest BCUT2D eigenvalue weighted by Gasteiger charge is 2.30. The van der Waals surface area contributed by atoms with Crippen LogP contribution in [0.4, 0.5) is 4.39 Å². The molecule has 98 valence electrons. The van der Waals surface area contributed by atoms with Crippen molar-refractivity contribution in [3.8, 4) is 0 Å². The van der Waals surface area contributed by atoms with E-state index in [1.807, 2.05) is 0 Å². The molecular weight excluding hydrogens is 241 g/mol. The SMILES string of the molecule is Cc1cc(F)cc(C(=O)NCC(C)(O)C(=O)O)c1. The van der Waals surface area contributed by atoms with Crippen molar-refractivity contribution in [3.05, 3.63) is 35.1 Å². The molecule has 1 rings (SSSR count). The zero-order valence-electron chi connectivity index (χ0n) is 10.0. The fourth-order valence-electron chi connectivity index (χ4n) is 1.30. The summed E-state index contributed by atoms with van der Waals surface area (Å²) in [6.07, 6.45) is 0. The van der Waals surface area contributed by atoms with E-state index < -0.39 is 29.8 Å². The van der Waals surface area contributed by atoms with Crippen LogP contribution in [0, 0.1) is 12.7 Å². The average molecular weight is 255 g/mol. The highest BCUT2D eigenvalue weighted by molar-refractivity contribution is 5.94. The second kappa shape index (κ2) is 5.14. The maximum atomic E-state index is 13.1. The van der Waals surface area contributed by atoms with Gasteiger partial charge in [0.05, 0.1) is 6.54 Å². The van der Waals surface area contributed by atoms with Crippen molar-refractivity contribution >= 4 is 11.9 Å². The van der Waals surface area contributed by atoms with Crippen LogP contribution in [0.2, 0.25) is 0 Å². The molecule has 0 spiro atoms. The van der Waals surface area contributed by atoms with E-state index in [1.54, 1.807) is 6.92 Å². The third-order valence-electron chi connectivity index (χ3n) is 2.36. The molecule has 18 heavy (non-hydrogen) atoms. The molecule has 1 unspecified atom stereocenters. The first-order chi connectivity index (χ1) is 8.22. The van der Waals surface area contributed by atoms with Crippen molar-refractivity contribution in [3.63, 3.8) is 0 Å². The number of carboxylic acid groups (broad SMARTS) is 1. The summed E-state index contributed by atoms with van der Waals surface area (Å²) < 4.78 is 13.1. The first kappa shape index (κ1) is 14.1. The number of carbonyl (C=O) groups excluding carboxylic acids is 1. The lowest BCUT2D eigenvalue weighted by Gasteiger charge is -2.18. The fraction of sp³-hybridized carbons (Fsp3) is 0.333. The molecule has 0 fully saturated rings.